The van der Waals surface area contributed by atoms with Gasteiger partial charge in [-0.3, -0.25) is 4.79 Å². The molecule has 0 radical (unpaired) electrons. The van der Waals surface area contributed by atoms with Gasteiger partial charge in [0.25, 0.3) is 0 Å². The number of rotatable bonds is 2. The molecule has 2 heterocycles. The van der Waals surface area contributed by atoms with Crippen molar-refractivity contribution in [1.82, 2.24) is 14.9 Å². The maximum absolute atomic E-state index is 13.9. The molecule has 0 saturated carbocycles. The van der Waals surface area contributed by atoms with E-state index in [9.17, 15) is 14.9 Å². The van der Waals surface area contributed by atoms with Gasteiger partial charge in [-0.25, -0.2) is 14.8 Å². The smallest absolute Gasteiger partial charge is 0.410 e. The average molecular weight is 508 g/mol. The zero-order valence-electron chi connectivity index (χ0n) is 20.9. The second-order valence-corrected chi connectivity index (χ2v) is 11.3. The summed E-state index contributed by atoms with van der Waals surface area (Å²) in [6, 6.07) is 10.1. The van der Waals surface area contributed by atoms with Crippen molar-refractivity contribution in [2.45, 2.75) is 64.5 Å². The first-order valence-electron chi connectivity index (χ1n) is 12.4. The highest BCUT2D eigenvalue weighted by Gasteiger charge is 2.48. The van der Waals surface area contributed by atoms with Gasteiger partial charge in [-0.05, 0) is 69.2 Å². The minimum Gasteiger partial charge on any atom is -0.444 e. The van der Waals surface area contributed by atoms with Crippen LogP contribution in [0, 0.1) is 16.7 Å². The normalized spacial score (nSPS) is 20.6. The number of nitriles is 1. The van der Waals surface area contributed by atoms with E-state index in [0.29, 0.717) is 37.6 Å². The third-order valence-corrected chi connectivity index (χ3v) is 7.59. The van der Waals surface area contributed by atoms with Crippen molar-refractivity contribution in [3.8, 4) is 6.07 Å². The first-order valence-corrected chi connectivity index (χ1v) is 12.8. The van der Waals surface area contributed by atoms with Gasteiger partial charge in [0.2, 0.25) is 5.28 Å². The van der Waals surface area contributed by atoms with E-state index >= 15 is 0 Å². The van der Waals surface area contributed by atoms with Crippen LogP contribution in [-0.4, -0.2) is 58.0 Å². The molecule has 3 aliphatic rings. The number of nitrogens with zero attached hydrogens (tertiary/aromatic N) is 5. The first kappa shape index (κ1) is 24.5. The highest BCUT2D eigenvalue weighted by atomic mass is 35.5. The summed E-state index contributed by atoms with van der Waals surface area (Å²) in [4.78, 5) is 39.2. The number of carbonyl (C=O) groups is 2. The van der Waals surface area contributed by atoms with Gasteiger partial charge in [-0.15, -0.1) is 0 Å². The fourth-order valence-corrected chi connectivity index (χ4v) is 5.94. The number of hydrogen-bond donors (Lipinski definition) is 0. The van der Waals surface area contributed by atoms with Crippen LogP contribution in [-0.2, 0) is 24.0 Å². The summed E-state index contributed by atoms with van der Waals surface area (Å²) in [5.74, 6) is 0.668. The van der Waals surface area contributed by atoms with Crippen LogP contribution in [0.3, 0.4) is 0 Å². The summed E-state index contributed by atoms with van der Waals surface area (Å²) in [7, 11) is 0. The molecule has 1 atom stereocenters. The van der Waals surface area contributed by atoms with Crippen molar-refractivity contribution in [2.75, 3.05) is 24.5 Å². The van der Waals surface area contributed by atoms with E-state index in [0.717, 1.165) is 24.8 Å². The zero-order chi connectivity index (χ0) is 25.7. The lowest BCUT2D eigenvalue weighted by Crippen LogP contribution is -2.56. The molecule has 2 aromatic rings. The number of carbonyl (C=O) groups excluding carboxylic acids is 2. The van der Waals surface area contributed by atoms with Gasteiger partial charge in [-0.1, -0.05) is 24.3 Å². The number of ether oxygens (including phenoxy) is 1. The quantitative estimate of drug-likeness (QED) is 0.556. The number of hydrogen-bond acceptors (Lipinski definition) is 7. The molecule has 1 amide bonds. The van der Waals surface area contributed by atoms with Crippen molar-refractivity contribution in [2.24, 2.45) is 5.41 Å². The van der Waals surface area contributed by atoms with Crippen molar-refractivity contribution < 1.29 is 14.3 Å². The van der Waals surface area contributed by atoms with E-state index < -0.39 is 17.1 Å². The minimum absolute atomic E-state index is 0.0338. The standard InChI is InChI=1S/C27H30ClN5O3/c1-26(2,3)36-25(35)33-13-12-32(16-19(33)9-11-29)23-20-8-10-27(22(34)21(20)30-24(28)31-23)14-17-6-4-5-7-18(17)15-27/h4-7,19H,8-10,12-16H2,1-3H3/t19-/m0/s1. The number of aromatic nitrogens is 2. The monoisotopic (exact) mass is 507 g/mol. The molecule has 2 aliphatic carbocycles. The summed E-state index contributed by atoms with van der Waals surface area (Å²) in [5.41, 5.74) is 2.58. The number of amides is 1. The van der Waals surface area contributed by atoms with E-state index in [1.54, 1.807) is 4.90 Å². The molecule has 0 unspecified atom stereocenters. The fourth-order valence-electron chi connectivity index (χ4n) is 5.77. The van der Waals surface area contributed by atoms with E-state index in [-0.39, 0.29) is 23.5 Å². The molecule has 36 heavy (non-hydrogen) atoms. The molecule has 8 nitrogen and oxygen atoms in total. The summed E-state index contributed by atoms with van der Waals surface area (Å²) in [5, 5.41) is 9.47. The lowest BCUT2D eigenvalue weighted by atomic mass is 9.70. The lowest BCUT2D eigenvalue weighted by Gasteiger charge is -2.42. The van der Waals surface area contributed by atoms with E-state index in [4.69, 9.17) is 16.3 Å². The Kier molecular flexibility index (Phi) is 6.16. The van der Waals surface area contributed by atoms with Crippen molar-refractivity contribution in [1.29, 1.82) is 5.26 Å². The largest absolute Gasteiger partial charge is 0.444 e. The van der Waals surface area contributed by atoms with Gasteiger partial charge in [0, 0.05) is 30.6 Å². The Hall–Kier alpha value is -3.18. The van der Waals surface area contributed by atoms with Crippen LogP contribution in [0.15, 0.2) is 24.3 Å². The molecule has 5 rings (SSSR count). The Morgan fingerprint density at radius 3 is 2.56 bits per heavy atom. The third-order valence-electron chi connectivity index (χ3n) is 7.42. The molecule has 1 fully saturated rings. The van der Waals surface area contributed by atoms with Crippen LogP contribution in [0.2, 0.25) is 5.28 Å². The van der Waals surface area contributed by atoms with Crippen molar-refractivity contribution in [3.05, 3.63) is 51.9 Å². The number of fused-ring (bicyclic) bond motifs is 2. The number of halogens is 1. The van der Waals surface area contributed by atoms with Crippen molar-refractivity contribution in [3.63, 3.8) is 0 Å². The predicted molar refractivity (Wildman–Crippen MR) is 135 cm³/mol. The van der Waals surface area contributed by atoms with Crippen LogP contribution in [0.5, 0.6) is 0 Å². The van der Waals surface area contributed by atoms with Crippen molar-refractivity contribution >= 4 is 29.3 Å². The predicted octanol–water partition coefficient (Wildman–Crippen LogP) is 4.38. The SMILES string of the molecule is CC(C)(C)OC(=O)N1CCN(c2nc(Cl)nc3c2CCC2(Cc4ccccc4C2)C3=O)C[C@@H]1CC#N. The molecule has 9 heteroatoms. The number of Topliss-reactive ketones (excluding diaryl/α,β-unsaturated/α-hetero) is 1. The zero-order valence-corrected chi connectivity index (χ0v) is 21.6. The Morgan fingerprint density at radius 1 is 1.22 bits per heavy atom. The maximum Gasteiger partial charge on any atom is 0.410 e. The second kappa shape index (κ2) is 9.04. The van der Waals surface area contributed by atoms with E-state index in [1.165, 1.54) is 11.1 Å². The van der Waals surface area contributed by atoms with Crippen LogP contribution in [0.4, 0.5) is 10.6 Å². The Labute approximate surface area is 216 Å². The maximum atomic E-state index is 13.9. The lowest BCUT2D eigenvalue weighted by molar-refractivity contribution is 0.0145. The minimum atomic E-state index is -0.624. The summed E-state index contributed by atoms with van der Waals surface area (Å²) < 4.78 is 5.57. The van der Waals surface area contributed by atoms with Gasteiger partial charge in [0.1, 0.15) is 17.1 Å². The summed E-state index contributed by atoms with van der Waals surface area (Å²) in [6.07, 6.45) is 2.58. The first-order chi connectivity index (χ1) is 17.1. The Balaban J connectivity index is 1.42. The highest BCUT2D eigenvalue weighted by Crippen LogP contribution is 2.47. The van der Waals surface area contributed by atoms with Gasteiger partial charge >= 0.3 is 6.09 Å². The van der Waals surface area contributed by atoms with E-state index in [2.05, 4.69) is 28.2 Å². The number of benzene rings is 1. The van der Waals surface area contributed by atoms with Crippen LogP contribution in [0.1, 0.15) is 60.8 Å². The molecule has 1 saturated heterocycles. The molecular formula is C27H30ClN5O3. The van der Waals surface area contributed by atoms with Crippen LogP contribution in [0.25, 0.3) is 0 Å². The van der Waals surface area contributed by atoms with Gasteiger partial charge in [-0.2, -0.15) is 5.26 Å². The second-order valence-electron chi connectivity index (χ2n) is 11.0. The van der Waals surface area contributed by atoms with Gasteiger partial charge in [0.05, 0.1) is 18.5 Å². The molecule has 0 N–H and O–H groups in total. The summed E-state index contributed by atoms with van der Waals surface area (Å²) in [6.45, 7) is 6.74. The van der Waals surface area contributed by atoms with Crippen LogP contribution < -0.4 is 4.90 Å². The Bertz CT molecular complexity index is 1240. The molecule has 1 spiro atoms. The molecule has 1 aromatic carbocycles. The molecule has 1 aliphatic heterocycles. The number of ketones is 1. The van der Waals surface area contributed by atoms with E-state index in [1.807, 2.05) is 37.8 Å². The molecule has 188 valence electrons. The topological polar surface area (TPSA) is 99.4 Å². The Morgan fingerprint density at radius 2 is 1.92 bits per heavy atom. The van der Waals surface area contributed by atoms with Crippen LogP contribution >= 0.6 is 11.6 Å². The average Bonchev–Trinajstić information content (AvgIpc) is 3.20. The number of anilines is 1. The molecule has 0 bridgehead atoms. The van der Waals surface area contributed by atoms with Gasteiger partial charge < -0.3 is 14.5 Å². The summed E-state index contributed by atoms with van der Waals surface area (Å²) >= 11 is 6.36. The molecule has 1 aromatic heterocycles. The molecular weight excluding hydrogens is 478 g/mol. The highest BCUT2D eigenvalue weighted by molar-refractivity contribution is 6.28. The fraction of sp³-hybridized carbons (Fsp3) is 0.519. The number of piperazine rings is 1. The third kappa shape index (κ3) is 4.41. The van der Waals surface area contributed by atoms with Gasteiger partial charge in [0.15, 0.2) is 5.78 Å².